The molecule has 0 rings (SSSR count). The predicted molar refractivity (Wildman–Crippen MR) is 53.6 cm³/mol. The SMILES string of the molecule is CNCCN(C)C(=O)CNC(=O)CN. The van der Waals surface area contributed by atoms with Crippen LogP contribution in [0.5, 0.6) is 0 Å². The summed E-state index contributed by atoms with van der Waals surface area (Å²) in [5.74, 6) is -0.442. The van der Waals surface area contributed by atoms with Gasteiger partial charge in [0.1, 0.15) is 0 Å². The molecule has 0 heterocycles. The maximum Gasteiger partial charge on any atom is 0.241 e. The number of carbonyl (C=O) groups excluding carboxylic acids is 2. The molecule has 0 fully saturated rings. The number of likely N-dealkylation sites (N-methyl/N-ethyl adjacent to an activating group) is 2. The van der Waals surface area contributed by atoms with Crippen molar-refractivity contribution in [3.8, 4) is 0 Å². The molecule has 0 aromatic carbocycles. The van der Waals surface area contributed by atoms with Gasteiger partial charge in [0.2, 0.25) is 11.8 Å². The Balaban J connectivity index is 3.67. The Bertz CT molecular complexity index is 196. The van der Waals surface area contributed by atoms with Crippen molar-refractivity contribution in [3.05, 3.63) is 0 Å². The van der Waals surface area contributed by atoms with Crippen molar-refractivity contribution < 1.29 is 9.59 Å². The first-order valence-corrected chi connectivity index (χ1v) is 4.47. The summed E-state index contributed by atoms with van der Waals surface area (Å²) in [5.41, 5.74) is 5.07. The van der Waals surface area contributed by atoms with Gasteiger partial charge in [0, 0.05) is 20.1 Å². The molecule has 0 aromatic heterocycles. The molecule has 0 saturated carbocycles. The van der Waals surface area contributed by atoms with Crippen LogP contribution in [0.1, 0.15) is 0 Å². The van der Waals surface area contributed by atoms with Crippen molar-refractivity contribution in [2.75, 3.05) is 40.3 Å². The largest absolute Gasteiger partial charge is 0.346 e. The van der Waals surface area contributed by atoms with E-state index in [0.29, 0.717) is 6.54 Å². The highest BCUT2D eigenvalue weighted by molar-refractivity contribution is 5.85. The number of carbonyl (C=O) groups is 2. The highest BCUT2D eigenvalue weighted by Gasteiger charge is 2.08. The third kappa shape index (κ3) is 5.50. The molecule has 0 atom stereocenters. The van der Waals surface area contributed by atoms with Crippen LogP contribution in [0.15, 0.2) is 0 Å². The van der Waals surface area contributed by atoms with Gasteiger partial charge in [-0.05, 0) is 7.05 Å². The molecular formula is C8H18N4O2. The van der Waals surface area contributed by atoms with Gasteiger partial charge >= 0.3 is 0 Å². The van der Waals surface area contributed by atoms with Crippen molar-refractivity contribution in [1.82, 2.24) is 15.5 Å². The summed E-state index contributed by atoms with van der Waals surface area (Å²) in [7, 11) is 3.50. The van der Waals surface area contributed by atoms with Crippen LogP contribution >= 0.6 is 0 Å². The summed E-state index contributed by atoms with van der Waals surface area (Å²) in [5, 5.41) is 5.34. The van der Waals surface area contributed by atoms with Crippen LogP contribution in [0.2, 0.25) is 0 Å². The van der Waals surface area contributed by atoms with Gasteiger partial charge in [-0.25, -0.2) is 0 Å². The summed E-state index contributed by atoms with van der Waals surface area (Å²) in [6.45, 7) is 1.27. The Morgan fingerprint density at radius 1 is 1.43 bits per heavy atom. The fourth-order valence-corrected chi connectivity index (χ4v) is 0.786. The van der Waals surface area contributed by atoms with Gasteiger partial charge in [0.15, 0.2) is 0 Å². The molecule has 0 radical (unpaired) electrons. The molecule has 0 aliphatic carbocycles. The van der Waals surface area contributed by atoms with Gasteiger partial charge < -0.3 is 21.3 Å². The van der Waals surface area contributed by atoms with E-state index in [0.717, 1.165) is 6.54 Å². The Hall–Kier alpha value is -1.14. The summed E-state index contributed by atoms with van der Waals surface area (Å²) < 4.78 is 0. The lowest BCUT2D eigenvalue weighted by atomic mass is 10.4. The van der Waals surface area contributed by atoms with E-state index in [1.807, 2.05) is 7.05 Å². The van der Waals surface area contributed by atoms with E-state index in [2.05, 4.69) is 10.6 Å². The molecule has 6 heteroatoms. The molecule has 0 aliphatic heterocycles. The molecule has 0 aliphatic rings. The van der Waals surface area contributed by atoms with Crippen molar-refractivity contribution in [3.63, 3.8) is 0 Å². The predicted octanol–water partition coefficient (Wildman–Crippen LogP) is -2.26. The first-order valence-electron chi connectivity index (χ1n) is 4.47. The molecule has 0 unspecified atom stereocenters. The van der Waals surface area contributed by atoms with Crippen molar-refractivity contribution in [2.24, 2.45) is 5.73 Å². The Labute approximate surface area is 83.8 Å². The number of nitrogens with two attached hydrogens (primary N) is 1. The van der Waals surface area contributed by atoms with Crippen molar-refractivity contribution >= 4 is 11.8 Å². The average molecular weight is 202 g/mol. The smallest absolute Gasteiger partial charge is 0.241 e. The van der Waals surface area contributed by atoms with Crippen LogP contribution in [0.4, 0.5) is 0 Å². The quantitative estimate of drug-likeness (QED) is 0.453. The Kier molecular flexibility index (Phi) is 6.69. The van der Waals surface area contributed by atoms with E-state index >= 15 is 0 Å². The van der Waals surface area contributed by atoms with Crippen LogP contribution < -0.4 is 16.4 Å². The Morgan fingerprint density at radius 2 is 2.07 bits per heavy atom. The number of hydrogen-bond donors (Lipinski definition) is 3. The summed E-state index contributed by atoms with van der Waals surface area (Å²) in [6.07, 6.45) is 0. The van der Waals surface area contributed by atoms with Crippen LogP contribution in [-0.2, 0) is 9.59 Å². The van der Waals surface area contributed by atoms with Crippen molar-refractivity contribution in [2.45, 2.75) is 0 Å². The van der Waals surface area contributed by atoms with Gasteiger partial charge in [-0.1, -0.05) is 0 Å². The van der Waals surface area contributed by atoms with Gasteiger partial charge in [-0.15, -0.1) is 0 Å². The number of nitrogens with one attached hydrogen (secondary N) is 2. The highest BCUT2D eigenvalue weighted by atomic mass is 16.2. The number of rotatable bonds is 6. The number of nitrogens with zero attached hydrogens (tertiary/aromatic N) is 1. The van der Waals surface area contributed by atoms with Crippen LogP contribution in [0.25, 0.3) is 0 Å². The molecular weight excluding hydrogens is 184 g/mol. The number of hydrogen-bond acceptors (Lipinski definition) is 4. The lowest BCUT2D eigenvalue weighted by Gasteiger charge is -2.16. The highest BCUT2D eigenvalue weighted by Crippen LogP contribution is 1.81. The van der Waals surface area contributed by atoms with E-state index in [9.17, 15) is 9.59 Å². The second kappa shape index (κ2) is 7.28. The van der Waals surface area contributed by atoms with E-state index < -0.39 is 0 Å². The number of amides is 2. The zero-order chi connectivity index (χ0) is 11.0. The van der Waals surface area contributed by atoms with E-state index in [4.69, 9.17) is 5.73 Å². The van der Waals surface area contributed by atoms with E-state index in [1.165, 1.54) is 0 Å². The standard InChI is InChI=1S/C8H18N4O2/c1-10-3-4-12(2)8(14)6-11-7(13)5-9/h10H,3-6,9H2,1-2H3,(H,11,13). The average Bonchev–Trinajstić information content (AvgIpc) is 2.21. The van der Waals surface area contributed by atoms with E-state index in [-0.39, 0.29) is 24.9 Å². The minimum Gasteiger partial charge on any atom is -0.346 e. The second-order valence-corrected chi connectivity index (χ2v) is 2.90. The molecule has 82 valence electrons. The summed E-state index contributed by atoms with van der Waals surface area (Å²) >= 11 is 0. The first-order chi connectivity index (χ1) is 6.61. The van der Waals surface area contributed by atoms with Gasteiger partial charge in [-0.2, -0.15) is 0 Å². The lowest BCUT2D eigenvalue weighted by molar-refractivity contribution is -0.131. The fraction of sp³-hybridized carbons (Fsp3) is 0.750. The zero-order valence-electron chi connectivity index (χ0n) is 8.67. The molecule has 6 nitrogen and oxygen atoms in total. The Morgan fingerprint density at radius 3 is 2.57 bits per heavy atom. The normalized spacial score (nSPS) is 9.64. The zero-order valence-corrected chi connectivity index (χ0v) is 8.67. The fourth-order valence-electron chi connectivity index (χ4n) is 0.786. The molecule has 0 spiro atoms. The molecule has 2 amide bonds. The third-order valence-corrected chi connectivity index (χ3v) is 1.75. The van der Waals surface area contributed by atoms with Gasteiger partial charge in [0.05, 0.1) is 13.1 Å². The van der Waals surface area contributed by atoms with Crippen molar-refractivity contribution in [1.29, 1.82) is 0 Å². The van der Waals surface area contributed by atoms with Crippen LogP contribution in [0, 0.1) is 0 Å². The first kappa shape index (κ1) is 12.9. The van der Waals surface area contributed by atoms with E-state index in [1.54, 1.807) is 11.9 Å². The molecule has 4 N–H and O–H groups in total. The molecule has 0 saturated heterocycles. The monoisotopic (exact) mass is 202 g/mol. The maximum atomic E-state index is 11.3. The summed E-state index contributed by atoms with van der Waals surface area (Å²) in [6, 6.07) is 0. The van der Waals surface area contributed by atoms with Gasteiger partial charge in [-0.3, -0.25) is 9.59 Å². The third-order valence-electron chi connectivity index (χ3n) is 1.75. The minimum absolute atomic E-state index is 0.0102. The molecule has 0 aromatic rings. The van der Waals surface area contributed by atoms with Crippen LogP contribution in [-0.4, -0.2) is 57.0 Å². The molecule has 0 bridgehead atoms. The lowest BCUT2D eigenvalue weighted by Crippen LogP contribution is -2.42. The van der Waals surface area contributed by atoms with Crippen LogP contribution in [0.3, 0.4) is 0 Å². The summed E-state index contributed by atoms with van der Waals surface area (Å²) in [4.78, 5) is 23.6. The van der Waals surface area contributed by atoms with Gasteiger partial charge in [0.25, 0.3) is 0 Å². The molecule has 14 heavy (non-hydrogen) atoms. The topological polar surface area (TPSA) is 87.5 Å². The second-order valence-electron chi connectivity index (χ2n) is 2.90. The minimum atomic E-state index is -0.319. The maximum absolute atomic E-state index is 11.3.